The van der Waals surface area contributed by atoms with Crippen molar-refractivity contribution in [1.29, 1.82) is 0 Å². The van der Waals surface area contributed by atoms with E-state index in [4.69, 9.17) is 4.74 Å². The van der Waals surface area contributed by atoms with Crippen LogP contribution in [-0.4, -0.2) is 37.5 Å². The first-order valence-corrected chi connectivity index (χ1v) is 19.2. The zero-order valence-electron chi connectivity index (χ0n) is 29.2. The maximum absolute atomic E-state index is 13.4. The first-order valence-electron chi connectivity index (χ1n) is 17.7. The van der Waals surface area contributed by atoms with E-state index < -0.39 is 21.1 Å². The highest BCUT2D eigenvalue weighted by molar-refractivity contribution is 7.92. The second kappa shape index (κ2) is 20.4. The lowest BCUT2D eigenvalue weighted by Gasteiger charge is -2.25. The smallest absolute Gasteiger partial charge is 0.269 e. The van der Waals surface area contributed by atoms with Gasteiger partial charge >= 0.3 is 0 Å². The van der Waals surface area contributed by atoms with Gasteiger partial charge < -0.3 is 14.7 Å². The maximum atomic E-state index is 13.4. The van der Waals surface area contributed by atoms with Crippen molar-refractivity contribution in [2.75, 3.05) is 16.7 Å². The molecule has 0 saturated carbocycles. The van der Waals surface area contributed by atoms with Crippen LogP contribution in [0.5, 0.6) is 11.5 Å². The molecule has 0 aromatic heterocycles. The molecule has 3 aromatic rings. The largest absolute Gasteiger partial charge is 0.506 e. The standard InChI is InChI=1S/C38H53N3O7S/c1-4-6-7-8-9-10-11-12-13-14-15-16-17-19-30-20-18-21-33(28-30)48-37(5-2)38(43)40(3)35-27-22-31(29-36(35)42)39-49(46,47)34-25-23-32(24-26-34)41(44)45/h18,20-29,37,39,42H,4-17,19H2,1-3H3. The molecule has 3 aromatic carbocycles. The van der Waals surface area contributed by atoms with E-state index in [1.54, 1.807) is 0 Å². The van der Waals surface area contributed by atoms with Gasteiger partial charge in [0.1, 0.15) is 11.5 Å². The summed E-state index contributed by atoms with van der Waals surface area (Å²) in [6.45, 7) is 4.11. The number of ether oxygens (including phenoxy) is 1. The second-order valence-electron chi connectivity index (χ2n) is 12.6. The van der Waals surface area contributed by atoms with Crippen LogP contribution < -0.4 is 14.4 Å². The predicted molar refractivity (Wildman–Crippen MR) is 196 cm³/mol. The summed E-state index contributed by atoms with van der Waals surface area (Å²) in [5, 5.41) is 21.6. The fourth-order valence-electron chi connectivity index (χ4n) is 5.76. The quantitative estimate of drug-likeness (QED) is 0.0572. The first kappa shape index (κ1) is 39.3. The van der Waals surface area contributed by atoms with Crippen LogP contribution in [-0.2, 0) is 21.2 Å². The van der Waals surface area contributed by atoms with E-state index in [-0.39, 0.29) is 33.6 Å². The van der Waals surface area contributed by atoms with Crippen LogP contribution in [0.1, 0.15) is 109 Å². The molecule has 0 aliphatic rings. The van der Waals surface area contributed by atoms with Gasteiger partial charge in [0, 0.05) is 25.2 Å². The Balaban J connectivity index is 1.46. The Kier molecular flexibility index (Phi) is 16.4. The monoisotopic (exact) mass is 695 g/mol. The molecule has 3 rings (SSSR count). The van der Waals surface area contributed by atoms with Crippen molar-refractivity contribution in [1.82, 2.24) is 0 Å². The summed E-state index contributed by atoms with van der Waals surface area (Å²) in [4.78, 5) is 24.8. The number of hydrogen-bond donors (Lipinski definition) is 2. The van der Waals surface area contributed by atoms with Gasteiger partial charge in [0.05, 0.1) is 21.2 Å². The summed E-state index contributed by atoms with van der Waals surface area (Å²) in [5.74, 6) is -0.0608. The molecule has 0 spiro atoms. The third-order valence-corrected chi connectivity index (χ3v) is 10.1. The number of nitrogens with one attached hydrogen (secondary N) is 1. The number of carbonyl (C=O) groups is 1. The molecule has 1 atom stereocenters. The number of likely N-dealkylation sites (N-methyl/N-ethyl adjacent to an activating group) is 1. The predicted octanol–water partition coefficient (Wildman–Crippen LogP) is 9.56. The number of rotatable bonds is 23. The van der Waals surface area contributed by atoms with Crippen molar-refractivity contribution in [2.24, 2.45) is 0 Å². The molecule has 0 heterocycles. The van der Waals surface area contributed by atoms with E-state index in [2.05, 4.69) is 17.7 Å². The van der Waals surface area contributed by atoms with E-state index in [0.29, 0.717) is 12.2 Å². The van der Waals surface area contributed by atoms with Crippen molar-refractivity contribution < 1.29 is 28.0 Å². The SMILES string of the molecule is CCCCCCCCCCCCCCCc1cccc(OC(CC)C(=O)N(C)c2ccc(NS(=O)(=O)c3ccc([N+](=O)[O-])cc3)cc2O)c1. The Labute approximate surface area is 292 Å². The molecule has 11 heteroatoms. The number of nitro groups is 1. The molecule has 268 valence electrons. The number of phenolic OH excluding ortho intramolecular Hbond substituents is 1. The van der Waals surface area contributed by atoms with Crippen LogP contribution in [0.4, 0.5) is 17.1 Å². The topological polar surface area (TPSA) is 139 Å². The number of phenols is 1. The molecule has 0 aliphatic heterocycles. The minimum absolute atomic E-state index is 0.0593. The normalized spacial score (nSPS) is 12.0. The number of hydrogen-bond acceptors (Lipinski definition) is 7. The molecule has 1 unspecified atom stereocenters. The number of anilines is 2. The number of nitro benzene ring substituents is 1. The Morgan fingerprint density at radius 1 is 0.857 bits per heavy atom. The molecule has 10 nitrogen and oxygen atoms in total. The fraction of sp³-hybridized carbons (Fsp3) is 0.500. The number of non-ortho nitro benzene ring substituents is 1. The van der Waals surface area contributed by atoms with Crippen LogP contribution in [0.3, 0.4) is 0 Å². The van der Waals surface area contributed by atoms with Gasteiger partial charge in [-0.05, 0) is 61.2 Å². The Morgan fingerprint density at radius 3 is 2.00 bits per heavy atom. The van der Waals surface area contributed by atoms with Gasteiger partial charge in [-0.2, -0.15) is 0 Å². The molecule has 1 amide bonds. The molecular weight excluding hydrogens is 642 g/mol. The van der Waals surface area contributed by atoms with E-state index in [9.17, 15) is 28.4 Å². The van der Waals surface area contributed by atoms with Crippen molar-refractivity contribution in [3.8, 4) is 11.5 Å². The molecule has 0 aliphatic carbocycles. The maximum Gasteiger partial charge on any atom is 0.269 e. The van der Waals surface area contributed by atoms with Crippen LogP contribution in [0, 0.1) is 10.1 Å². The van der Waals surface area contributed by atoms with Gasteiger partial charge in [-0.15, -0.1) is 0 Å². The van der Waals surface area contributed by atoms with Gasteiger partial charge in [-0.25, -0.2) is 8.42 Å². The molecule has 0 bridgehead atoms. The Morgan fingerprint density at radius 2 is 1.45 bits per heavy atom. The first-order chi connectivity index (χ1) is 23.6. The van der Waals surface area contributed by atoms with E-state index in [0.717, 1.165) is 37.1 Å². The van der Waals surface area contributed by atoms with Crippen LogP contribution in [0.25, 0.3) is 0 Å². The molecule has 2 N–H and O–H groups in total. The van der Waals surface area contributed by atoms with Gasteiger partial charge in [0.15, 0.2) is 6.10 Å². The number of unbranched alkanes of at least 4 members (excludes halogenated alkanes) is 12. The number of benzene rings is 3. The highest BCUT2D eigenvalue weighted by Gasteiger charge is 2.26. The lowest BCUT2D eigenvalue weighted by Crippen LogP contribution is -2.39. The third-order valence-electron chi connectivity index (χ3n) is 8.67. The lowest BCUT2D eigenvalue weighted by molar-refractivity contribution is -0.384. The Hall–Kier alpha value is -4.12. The zero-order valence-corrected chi connectivity index (χ0v) is 30.1. The summed E-state index contributed by atoms with van der Waals surface area (Å²) in [7, 11) is -2.56. The average Bonchev–Trinajstić information content (AvgIpc) is 3.08. The van der Waals surface area contributed by atoms with Crippen LogP contribution in [0.2, 0.25) is 0 Å². The van der Waals surface area contributed by atoms with Gasteiger partial charge in [-0.1, -0.05) is 103 Å². The Bertz CT molecular complexity index is 1580. The van der Waals surface area contributed by atoms with Crippen molar-refractivity contribution in [3.63, 3.8) is 0 Å². The van der Waals surface area contributed by atoms with Crippen molar-refractivity contribution in [3.05, 3.63) is 82.4 Å². The summed E-state index contributed by atoms with van der Waals surface area (Å²) < 4.78 is 34.0. The van der Waals surface area contributed by atoms with Crippen molar-refractivity contribution in [2.45, 2.75) is 121 Å². The van der Waals surface area contributed by atoms with Gasteiger partial charge in [0.25, 0.3) is 21.6 Å². The zero-order chi connectivity index (χ0) is 35.6. The second-order valence-corrected chi connectivity index (χ2v) is 14.3. The summed E-state index contributed by atoms with van der Waals surface area (Å²) in [6.07, 6.45) is 17.7. The van der Waals surface area contributed by atoms with Crippen LogP contribution >= 0.6 is 0 Å². The van der Waals surface area contributed by atoms with E-state index in [1.165, 1.54) is 113 Å². The summed E-state index contributed by atoms with van der Waals surface area (Å²) in [5.41, 5.74) is 1.17. The van der Waals surface area contributed by atoms with Crippen molar-refractivity contribution >= 4 is 33.0 Å². The molecule has 0 fully saturated rings. The van der Waals surface area contributed by atoms with Gasteiger partial charge in [0.2, 0.25) is 0 Å². The van der Waals surface area contributed by atoms with E-state index >= 15 is 0 Å². The van der Waals surface area contributed by atoms with Gasteiger partial charge in [-0.3, -0.25) is 19.6 Å². The molecule has 0 radical (unpaired) electrons. The third kappa shape index (κ3) is 13.0. The molecular formula is C38H53N3O7S. The lowest BCUT2D eigenvalue weighted by atomic mass is 10.0. The number of nitrogens with zero attached hydrogens (tertiary/aromatic N) is 2. The minimum atomic E-state index is -4.08. The van der Waals surface area contributed by atoms with E-state index in [1.807, 2.05) is 25.1 Å². The minimum Gasteiger partial charge on any atom is -0.506 e. The number of carbonyl (C=O) groups excluding carboxylic acids is 1. The summed E-state index contributed by atoms with van der Waals surface area (Å²) >= 11 is 0. The highest BCUT2D eigenvalue weighted by Crippen LogP contribution is 2.32. The molecule has 0 saturated heterocycles. The summed E-state index contributed by atoms with van der Waals surface area (Å²) in [6, 6.07) is 16.3. The number of aromatic hydroxyl groups is 1. The van der Waals surface area contributed by atoms with Crippen LogP contribution in [0.15, 0.2) is 71.6 Å². The number of amides is 1. The average molecular weight is 696 g/mol. The number of sulfonamides is 1. The number of aryl methyl sites for hydroxylation is 1. The molecule has 49 heavy (non-hydrogen) atoms. The highest BCUT2D eigenvalue weighted by atomic mass is 32.2. The fourth-order valence-corrected chi connectivity index (χ4v) is 6.81.